The number of aromatic nitrogens is 2. The maximum atomic E-state index is 14.4. The predicted octanol–water partition coefficient (Wildman–Crippen LogP) is 4.08. The van der Waals surface area contributed by atoms with Crippen LogP contribution in [0.2, 0.25) is 5.02 Å². The van der Waals surface area contributed by atoms with Crippen LogP contribution in [0.1, 0.15) is 0 Å². The summed E-state index contributed by atoms with van der Waals surface area (Å²) in [5.74, 6) is -2.10. The topological polar surface area (TPSA) is 71.5 Å². The number of H-pyrrole nitrogens is 1. The molecule has 2 N–H and O–H groups in total. The molecule has 4 rings (SSSR count). The largest absolute Gasteiger partial charge is 0.463 e. The Bertz CT molecular complexity index is 966. The second kappa shape index (κ2) is 6.21. The van der Waals surface area contributed by atoms with Crippen molar-refractivity contribution in [3.63, 3.8) is 0 Å². The number of ether oxygens (including phenoxy) is 2. The van der Waals surface area contributed by atoms with Gasteiger partial charge in [-0.15, -0.1) is 0 Å². The molecule has 1 aromatic carbocycles. The van der Waals surface area contributed by atoms with Gasteiger partial charge in [-0.2, -0.15) is 0 Å². The van der Waals surface area contributed by atoms with Gasteiger partial charge in [0, 0.05) is 30.2 Å². The molecule has 9 heteroatoms. The van der Waals surface area contributed by atoms with E-state index in [9.17, 15) is 8.78 Å². The Morgan fingerprint density at radius 2 is 2.08 bits per heavy atom. The summed E-state index contributed by atoms with van der Waals surface area (Å²) in [4.78, 5) is 10.9. The maximum absolute atomic E-state index is 14.4. The van der Waals surface area contributed by atoms with E-state index in [0.29, 0.717) is 29.2 Å². The third kappa shape index (κ3) is 2.96. The van der Waals surface area contributed by atoms with Gasteiger partial charge in [0.1, 0.15) is 18.0 Å². The number of hydrogen-bond acceptors (Lipinski definition) is 5. The second-order valence-corrected chi connectivity index (χ2v) is 5.61. The van der Waals surface area contributed by atoms with Crippen LogP contribution in [0.4, 0.5) is 14.5 Å². The standard InChI is InChI=1S/C16H11ClF2N4O2/c17-9-7-22-15-13(9)12(1-2-20-15)25-14-10(18)5-8(6-11(14)19)23-16-21-3-4-24-16/h1-2,5-7H,3-4H2,(H,20,22)(H,21,23). The zero-order chi connectivity index (χ0) is 17.4. The first kappa shape index (κ1) is 15.6. The molecular weight excluding hydrogens is 354 g/mol. The highest BCUT2D eigenvalue weighted by atomic mass is 35.5. The first-order chi connectivity index (χ1) is 12.1. The molecule has 0 fully saturated rings. The highest BCUT2D eigenvalue weighted by Crippen LogP contribution is 2.36. The lowest BCUT2D eigenvalue weighted by Gasteiger charge is -2.11. The van der Waals surface area contributed by atoms with E-state index >= 15 is 0 Å². The van der Waals surface area contributed by atoms with Crippen molar-refractivity contribution < 1.29 is 18.3 Å². The zero-order valence-corrected chi connectivity index (χ0v) is 13.4. The molecule has 0 saturated carbocycles. The molecule has 0 saturated heterocycles. The van der Waals surface area contributed by atoms with Crippen LogP contribution < -0.4 is 10.1 Å². The lowest BCUT2D eigenvalue weighted by Crippen LogP contribution is -2.12. The molecule has 0 radical (unpaired) electrons. The summed E-state index contributed by atoms with van der Waals surface area (Å²) in [5.41, 5.74) is 0.626. The molecule has 2 aromatic heterocycles. The van der Waals surface area contributed by atoms with E-state index in [1.807, 2.05) is 0 Å². The summed E-state index contributed by atoms with van der Waals surface area (Å²) < 4.78 is 39.3. The molecule has 0 spiro atoms. The van der Waals surface area contributed by atoms with Crippen molar-refractivity contribution in [1.29, 1.82) is 0 Å². The first-order valence-electron chi connectivity index (χ1n) is 7.34. The molecule has 0 unspecified atom stereocenters. The molecule has 0 bridgehead atoms. The Kier molecular flexibility index (Phi) is 3.89. The maximum Gasteiger partial charge on any atom is 0.289 e. The molecule has 0 amide bonds. The van der Waals surface area contributed by atoms with Crippen molar-refractivity contribution >= 4 is 34.3 Å². The van der Waals surface area contributed by atoms with Gasteiger partial charge in [-0.1, -0.05) is 11.6 Å². The summed E-state index contributed by atoms with van der Waals surface area (Å²) in [5, 5.41) is 3.49. The molecule has 128 valence electrons. The van der Waals surface area contributed by atoms with Crippen molar-refractivity contribution in [2.75, 3.05) is 18.5 Å². The molecular formula is C16H11ClF2N4O2. The summed E-state index contributed by atoms with van der Waals surface area (Å²) in [7, 11) is 0. The molecule has 25 heavy (non-hydrogen) atoms. The monoisotopic (exact) mass is 364 g/mol. The molecule has 3 aromatic rings. The number of fused-ring (bicyclic) bond motifs is 1. The van der Waals surface area contributed by atoms with Gasteiger partial charge in [0.05, 0.1) is 17.0 Å². The fourth-order valence-electron chi connectivity index (χ4n) is 2.45. The number of nitrogens with zero attached hydrogens (tertiary/aromatic N) is 2. The van der Waals surface area contributed by atoms with Crippen molar-refractivity contribution in [2.45, 2.75) is 0 Å². The van der Waals surface area contributed by atoms with Gasteiger partial charge in [0.15, 0.2) is 17.4 Å². The van der Waals surface area contributed by atoms with Crippen LogP contribution in [0.25, 0.3) is 11.0 Å². The number of nitrogens with one attached hydrogen (secondary N) is 2. The smallest absolute Gasteiger partial charge is 0.289 e. The summed E-state index contributed by atoms with van der Waals surface area (Å²) in [6.45, 7) is 0.938. The Labute approximate surface area is 145 Å². The Balaban J connectivity index is 1.67. The van der Waals surface area contributed by atoms with E-state index in [0.717, 1.165) is 12.1 Å². The molecule has 0 aliphatic carbocycles. The van der Waals surface area contributed by atoms with Crippen LogP contribution in [-0.2, 0) is 4.74 Å². The van der Waals surface area contributed by atoms with Gasteiger partial charge in [-0.25, -0.2) is 18.8 Å². The third-order valence-corrected chi connectivity index (χ3v) is 3.83. The molecule has 0 atom stereocenters. The lowest BCUT2D eigenvalue weighted by molar-refractivity contribution is 0.346. The van der Waals surface area contributed by atoms with E-state index in [1.165, 1.54) is 18.5 Å². The SMILES string of the molecule is Fc1cc(NC2=NCCO2)cc(F)c1Oc1ccnc2[nH]cc(Cl)c12. The van der Waals surface area contributed by atoms with E-state index in [1.54, 1.807) is 0 Å². The average molecular weight is 365 g/mol. The number of halogens is 3. The average Bonchev–Trinajstić information content (AvgIpc) is 3.22. The summed E-state index contributed by atoms with van der Waals surface area (Å²) >= 11 is 6.07. The zero-order valence-electron chi connectivity index (χ0n) is 12.6. The van der Waals surface area contributed by atoms with E-state index < -0.39 is 17.4 Å². The fraction of sp³-hybridized carbons (Fsp3) is 0.125. The van der Waals surface area contributed by atoms with Gasteiger partial charge in [-0.3, -0.25) is 0 Å². The fourth-order valence-corrected chi connectivity index (χ4v) is 2.68. The minimum absolute atomic E-state index is 0.169. The van der Waals surface area contributed by atoms with Crippen LogP contribution >= 0.6 is 11.6 Å². The van der Waals surface area contributed by atoms with Gasteiger partial charge in [0.25, 0.3) is 6.02 Å². The van der Waals surface area contributed by atoms with Crippen molar-refractivity contribution in [2.24, 2.45) is 4.99 Å². The van der Waals surface area contributed by atoms with Crippen molar-refractivity contribution in [3.8, 4) is 11.5 Å². The number of rotatable bonds is 3. The van der Waals surface area contributed by atoms with Crippen molar-refractivity contribution in [3.05, 3.63) is 47.2 Å². The minimum Gasteiger partial charge on any atom is -0.463 e. The Morgan fingerprint density at radius 3 is 2.80 bits per heavy atom. The van der Waals surface area contributed by atoms with Crippen molar-refractivity contribution in [1.82, 2.24) is 9.97 Å². The molecule has 6 nitrogen and oxygen atoms in total. The van der Waals surface area contributed by atoms with Crippen LogP contribution in [0, 0.1) is 11.6 Å². The summed E-state index contributed by atoms with van der Waals surface area (Å²) in [6.07, 6.45) is 2.97. The normalized spacial score (nSPS) is 13.6. The molecule has 1 aliphatic heterocycles. The van der Waals surface area contributed by atoms with Gasteiger partial charge >= 0.3 is 0 Å². The first-order valence-corrected chi connectivity index (χ1v) is 7.72. The Morgan fingerprint density at radius 1 is 1.28 bits per heavy atom. The predicted molar refractivity (Wildman–Crippen MR) is 89.4 cm³/mol. The minimum atomic E-state index is -0.877. The number of hydrogen-bond donors (Lipinski definition) is 2. The second-order valence-electron chi connectivity index (χ2n) is 5.20. The van der Waals surface area contributed by atoms with E-state index in [-0.39, 0.29) is 17.5 Å². The van der Waals surface area contributed by atoms with Crippen LogP contribution in [0.15, 0.2) is 35.6 Å². The van der Waals surface area contributed by atoms with E-state index in [2.05, 4.69) is 20.3 Å². The Hall–Kier alpha value is -2.87. The third-order valence-electron chi connectivity index (χ3n) is 3.53. The number of anilines is 1. The number of benzene rings is 1. The number of aliphatic imine (C=N–C) groups is 1. The van der Waals surface area contributed by atoms with Crippen LogP contribution in [-0.4, -0.2) is 29.1 Å². The highest BCUT2D eigenvalue weighted by molar-refractivity contribution is 6.36. The van der Waals surface area contributed by atoms with Gasteiger partial charge < -0.3 is 19.8 Å². The van der Waals surface area contributed by atoms with E-state index in [4.69, 9.17) is 21.1 Å². The van der Waals surface area contributed by atoms with Crippen LogP contribution in [0.3, 0.4) is 0 Å². The quantitative estimate of drug-likeness (QED) is 0.734. The number of aromatic amines is 1. The number of amidine groups is 1. The van der Waals surface area contributed by atoms with Gasteiger partial charge in [-0.05, 0) is 6.07 Å². The number of pyridine rings is 1. The molecule has 3 heterocycles. The van der Waals surface area contributed by atoms with Crippen LogP contribution in [0.5, 0.6) is 11.5 Å². The summed E-state index contributed by atoms with van der Waals surface area (Å²) in [6, 6.07) is 3.90. The lowest BCUT2D eigenvalue weighted by atomic mass is 10.2. The highest BCUT2D eigenvalue weighted by Gasteiger charge is 2.18. The van der Waals surface area contributed by atoms with Gasteiger partial charge in [0.2, 0.25) is 0 Å². The molecule has 1 aliphatic rings.